The van der Waals surface area contributed by atoms with E-state index in [-0.39, 0.29) is 12.1 Å². The number of carbonyl (C=O) groups excluding carboxylic acids is 1. The molecular formula is C16H23N5O2S. The van der Waals surface area contributed by atoms with E-state index in [1.807, 2.05) is 34.1 Å². The van der Waals surface area contributed by atoms with E-state index in [2.05, 4.69) is 22.3 Å². The number of ether oxygens (including phenoxy) is 1. The smallest absolute Gasteiger partial charge is 0.317 e. The number of hydrogen-bond acceptors (Lipinski definition) is 5. The summed E-state index contributed by atoms with van der Waals surface area (Å²) in [5, 5.41) is 10.2. The SMILES string of the molecule is Cc1csc([C@@H]2CN(C(=O)NC[C@H](C)Cn3cccn3)CCO2)n1. The van der Waals surface area contributed by atoms with E-state index in [4.69, 9.17) is 4.74 Å². The fraction of sp³-hybridized carbons (Fsp3) is 0.562. The van der Waals surface area contributed by atoms with Gasteiger partial charge < -0.3 is 15.0 Å². The van der Waals surface area contributed by atoms with Gasteiger partial charge in [0.2, 0.25) is 0 Å². The molecule has 1 aliphatic rings. The third-order valence-corrected chi connectivity index (χ3v) is 4.98. The van der Waals surface area contributed by atoms with Crippen LogP contribution in [-0.4, -0.2) is 51.9 Å². The van der Waals surface area contributed by atoms with Gasteiger partial charge in [-0.15, -0.1) is 11.3 Å². The topological polar surface area (TPSA) is 72.3 Å². The summed E-state index contributed by atoms with van der Waals surface area (Å²) in [4.78, 5) is 18.7. The molecule has 1 N–H and O–H groups in total. The van der Waals surface area contributed by atoms with Crippen LogP contribution in [0.4, 0.5) is 4.79 Å². The van der Waals surface area contributed by atoms with Crippen LogP contribution in [0.5, 0.6) is 0 Å². The van der Waals surface area contributed by atoms with Crippen molar-refractivity contribution in [2.45, 2.75) is 26.5 Å². The van der Waals surface area contributed by atoms with Crippen molar-refractivity contribution in [1.29, 1.82) is 0 Å². The van der Waals surface area contributed by atoms with Gasteiger partial charge in [0.05, 0.1) is 13.2 Å². The fourth-order valence-corrected chi connectivity index (χ4v) is 3.50. The second-order valence-corrected chi connectivity index (χ2v) is 7.04. The normalized spacial score (nSPS) is 19.2. The molecule has 0 spiro atoms. The molecule has 2 aromatic rings. The molecule has 1 fully saturated rings. The highest BCUT2D eigenvalue weighted by atomic mass is 32.1. The number of morpholine rings is 1. The first-order chi connectivity index (χ1) is 11.6. The molecule has 0 aromatic carbocycles. The van der Waals surface area contributed by atoms with Crippen molar-refractivity contribution in [2.75, 3.05) is 26.2 Å². The summed E-state index contributed by atoms with van der Waals surface area (Å²) >= 11 is 1.59. The summed E-state index contributed by atoms with van der Waals surface area (Å²) in [7, 11) is 0. The van der Waals surface area contributed by atoms with Gasteiger partial charge in [-0.3, -0.25) is 4.68 Å². The van der Waals surface area contributed by atoms with Crippen molar-refractivity contribution in [3.8, 4) is 0 Å². The number of hydrogen-bond donors (Lipinski definition) is 1. The molecule has 7 nitrogen and oxygen atoms in total. The average molecular weight is 349 g/mol. The van der Waals surface area contributed by atoms with Gasteiger partial charge in [0.25, 0.3) is 0 Å². The molecule has 2 aromatic heterocycles. The van der Waals surface area contributed by atoms with Gasteiger partial charge in [0.1, 0.15) is 11.1 Å². The lowest BCUT2D eigenvalue weighted by molar-refractivity contribution is -0.0156. The van der Waals surface area contributed by atoms with Crippen molar-refractivity contribution < 1.29 is 9.53 Å². The second-order valence-electron chi connectivity index (χ2n) is 6.15. The molecule has 0 radical (unpaired) electrons. The zero-order valence-electron chi connectivity index (χ0n) is 14.0. The van der Waals surface area contributed by atoms with E-state index in [1.54, 1.807) is 17.5 Å². The maximum Gasteiger partial charge on any atom is 0.317 e. The maximum atomic E-state index is 12.4. The Morgan fingerprint density at radius 1 is 1.58 bits per heavy atom. The van der Waals surface area contributed by atoms with Crippen LogP contribution in [0.3, 0.4) is 0 Å². The van der Waals surface area contributed by atoms with E-state index in [0.717, 1.165) is 17.2 Å². The lowest BCUT2D eigenvalue weighted by Crippen LogP contribution is -2.48. The minimum absolute atomic E-state index is 0.0381. The van der Waals surface area contributed by atoms with E-state index in [9.17, 15) is 4.79 Å². The van der Waals surface area contributed by atoms with Crippen molar-refractivity contribution in [3.05, 3.63) is 34.5 Å². The Morgan fingerprint density at radius 3 is 3.17 bits per heavy atom. The summed E-state index contributed by atoms with van der Waals surface area (Å²) in [5.41, 5.74) is 0.993. The lowest BCUT2D eigenvalue weighted by atomic mass is 10.2. The zero-order valence-corrected chi connectivity index (χ0v) is 14.8. The monoisotopic (exact) mass is 349 g/mol. The first-order valence-corrected chi connectivity index (χ1v) is 9.03. The standard InChI is InChI=1S/C16H23N5O2S/c1-12(9-21-5-3-4-18-21)8-17-16(22)20-6-7-23-14(10-20)15-19-13(2)11-24-15/h3-5,11-12,14H,6-10H2,1-2H3,(H,17,22)/t12-,14-/m0/s1. The van der Waals surface area contributed by atoms with Crippen LogP contribution < -0.4 is 5.32 Å². The summed E-state index contributed by atoms with van der Waals surface area (Å²) in [6.45, 7) is 7.18. The predicted molar refractivity (Wildman–Crippen MR) is 91.9 cm³/mol. The third kappa shape index (κ3) is 4.33. The number of carbonyl (C=O) groups is 1. The highest BCUT2D eigenvalue weighted by Gasteiger charge is 2.27. The van der Waals surface area contributed by atoms with Crippen molar-refractivity contribution >= 4 is 17.4 Å². The first-order valence-electron chi connectivity index (χ1n) is 8.15. The summed E-state index contributed by atoms with van der Waals surface area (Å²) in [6.07, 6.45) is 3.57. The van der Waals surface area contributed by atoms with E-state index < -0.39 is 0 Å². The van der Waals surface area contributed by atoms with Gasteiger partial charge in [-0.25, -0.2) is 9.78 Å². The molecule has 0 saturated carbocycles. The Morgan fingerprint density at radius 2 is 2.46 bits per heavy atom. The average Bonchev–Trinajstić information content (AvgIpc) is 3.24. The molecule has 1 aliphatic heterocycles. The number of aromatic nitrogens is 3. The van der Waals surface area contributed by atoms with E-state index >= 15 is 0 Å². The number of nitrogens with zero attached hydrogens (tertiary/aromatic N) is 4. The molecule has 8 heteroatoms. The van der Waals surface area contributed by atoms with Gasteiger partial charge in [0.15, 0.2) is 0 Å². The highest BCUT2D eigenvalue weighted by Crippen LogP contribution is 2.25. The number of rotatable bonds is 5. The number of nitrogens with one attached hydrogen (secondary N) is 1. The summed E-state index contributed by atoms with van der Waals surface area (Å²) < 4.78 is 7.65. The number of amides is 2. The molecule has 24 heavy (non-hydrogen) atoms. The zero-order chi connectivity index (χ0) is 16.9. The van der Waals surface area contributed by atoms with Crippen molar-refractivity contribution in [1.82, 2.24) is 25.0 Å². The molecule has 2 atom stereocenters. The first kappa shape index (κ1) is 16.9. The van der Waals surface area contributed by atoms with Crippen LogP contribution in [0.1, 0.15) is 23.7 Å². The summed E-state index contributed by atoms with van der Waals surface area (Å²) in [5.74, 6) is 0.312. The molecule has 0 aliphatic carbocycles. The minimum atomic E-state index is -0.121. The summed E-state index contributed by atoms with van der Waals surface area (Å²) in [6, 6.07) is 1.86. The second kappa shape index (κ2) is 7.76. The molecule has 3 rings (SSSR count). The Labute approximate surface area is 145 Å². The van der Waals surface area contributed by atoms with Gasteiger partial charge in [-0.05, 0) is 18.9 Å². The van der Waals surface area contributed by atoms with Gasteiger partial charge in [-0.2, -0.15) is 5.10 Å². The Balaban J connectivity index is 1.47. The predicted octanol–water partition coefficient (Wildman–Crippen LogP) is 2.07. The van der Waals surface area contributed by atoms with Gasteiger partial charge >= 0.3 is 6.03 Å². The molecular weight excluding hydrogens is 326 g/mol. The van der Waals surface area contributed by atoms with Crippen LogP contribution in [-0.2, 0) is 11.3 Å². The minimum Gasteiger partial charge on any atom is -0.367 e. The largest absolute Gasteiger partial charge is 0.367 e. The molecule has 0 unspecified atom stereocenters. The van der Waals surface area contributed by atoms with Crippen LogP contribution in [0.2, 0.25) is 0 Å². The van der Waals surface area contributed by atoms with Gasteiger partial charge in [0, 0.05) is 43.1 Å². The van der Waals surface area contributed by atoms with Crippen LogP contribution in [0.15, 0.2) is 23.8 Å². The lowest BCUT2D eigenvalue weighted by Gasteiger charge is -2.32. The van der Waals surface area contributed by atoms with Crippen molar-refractivity contribution in [3.63, 3.8) is 0 Å². The Kier molecular flexibility index (Phi) is 5.47. The van der Waals surface area contributed by atoms with E-state index in [0.29, 0.717) is 32.2 Å². The highest BCUT2D eigenvalue weighted by molar-refractivity contribution is 7.09. The number of aryl methyl sites for hydroxylation is 1. The Bertz CT molecular complexity index is 657. The quantitative estimate of drug-likeness (QED) is 0.897. The third-order valence-electron chi connectivity index (χ3n) is 3.93. The number of thiazole rings is 1. The van der Waals surface area contributed by atoms with Crippen LogP contribution in [0, 0.1) is 12.8 Å². The molecule has 2 amide bonds. The fourth-order valence-electron chi connectivity index (χ4n) is 2.67. The maximum absolute atomic E-state index is 12.4. The van der Waals surface area contributed by atoms with Crippen LogP contribution in [0.25, 0.3) is 0 Å². The number of urea groups is 1. The van der Waals surface area contributed by atoms with Gasteiger partial charge in [-0.1, -0.05) is 6.92 Å². The Hall–Kier alpha value is -1.93. The molecule has 130 valence electrons. The van der Waals surface area contributed by atoms with Crippen molar-refractivity contribution in [2.24, 2.45) is 5.92 Å². The molecule has 1 saturated heterocycles. The van der Waals surface area contributed by atoms with E-state index in [1.165, 1.54) is 0 Å². The molecule has 3 heterocycles. The molecule has 0 bridgehead atoms. The van der Waals surface area contributed by atoms with Crippen LogP contribution >= 0.6 is 11.3 Å².